The van der Waals surface area contributed by atoms with Gasteiger partial charge >= 0.3 is 5.97 Å². The van der Waals surface area contributed by atoms with Gasteiger partial charge < -0.3 is 15.0 Å². The summed E-state index contributed by atoms with van der Waals surface area (Å²) in [6, 6.07) is 0.707. The zero-order valence-electron chi connectivity index (χ0n) is 12.5. The summed E-state index contributed by atoms with van der Waals surface area (Å²) in [5.74, 6) is -0.409. The smallest absolute Gasteiger partial charge is 0.306 e. The van der Waals surface area contributed by atoms with E-state index in [0.29, 0.717) is 12.6 Å². The third kappa shape index (κ3) is 7.82. The van der Waals surface area contributed by atoms with Crippen LogP contribution >= 0.6 is 0 Å². The van der Waals surface area contributed by atoms with Crippen molar-refractivity contribution in [2.75, 3.05) is 20.1 Å². The van der Waals surface area contributed by atoms with Crippen LogP contribution in [0.5, 0.6) is 0 Å². The number of carbonyl (C=O) groups is 2. The van der Waals surface area contributed by atoms with Crippen molar-refractivity contribution in [2.45, 2.75) is 58.1 Å². The summed E-state index contributed by atoms with van der Waals surface area (Å²) in [5, 5.41) is 2.83. The molecule has 1 aliphatic carbocycles. The molecular formula is C14H26N2O3. The molecule has 0 aromatic heterocycles. The van der Waals surface area contributed by atoms with E-state index in [1.807, 2.05) is 20.8 Å². The van der Waals surface area contributed by atoms with Crippen molar-refractivity contribution in [3.05, 3.63) is 0 Å². The monoisotopic (exact) mass is 270 g/mol. The topological polar surface area (TPSA) is 58.6 Å². The number of nitrogens with zero attached hydrogens (tertiary/aromatic N) is 1. The van der Waals surface area contributed by atoms with Crippen LogP contribution in [-0.2, 0) is 14.3 Å². The Hall–Kier alpha value is -1.10. The van der Waals surface area contributed by atoms with Crippen LogP contribution in [0.3, 0.4) is 0 Å². The maximum absolute atomic E-state index is 11.5. The second-order valence-corrected chi connectivity index (χ2v) is 6.15. The Morgan fingerprint density at radius 1 is 1.26 bits per heavy atom. The molecule has 5 nitrogen and oxygen atoms in total. The molecular weight excluding hydrogens is 244 g/mol. The Morgan fingerprint density at radius 2 is 1.89 bits per heavy atom. The van der Waals surface area contributed by atoms with Gasteiger partial charge in [-0.15, -0.1) is 0 Å². The van der Waals surface area contributed by atoms with Crippen LogP contribution in [0.15, 0.2) is 0 Å². The third-order valence-corrected chi connectivity index (χ3v) is 2.93. The number of likely N-dealkylation sites (N-methyl/N-ethyl adjacent to an activating group) is 1. The molecule has 1 fully saturated rings. The molecule has 0 aliphatic heterocycles. The summed E-state index contributed by atoms with van der Waals surface area (Å²) < 4.78 is 5.14. The van der Waals surface area contributed by atoms with Crippen molar-refractivity contribution in [3.63, 3.8) is 0 Å². The predicted molar refractivity (Wildman–Crippen MR) is 73.7 cm³/mol. The van der Waals surface area contributed by atoms with Gasteiger partial charge in [0.25, 0.3) is 0 Å². The van der Waals surface area contributed by atoms with E-state index in [1.165, 1.54) is 12.8 Å². The molecule has 0 heterocycles. The minimum Gasteiger partial charge on any atom is -0.460 e. The number of rotatable bonds is 7. The zero-order valence-corrected chi connectivity index (χ0v) is 12.5. The molecule has 1 amide bonds. The third-order valence-electron chi connectivity index (χ3n) is 2.93. The van der Waals surface area contributed by atoms with Crippen molar-refractivity contribution < 1.29 is 14.3 Å². The van der Waals surface area contributed by atoms with E-state index in [4.69, 9.17) is 4.74 Å². The largest absolute Gasteiger partial charge is 0.460 e. The molecule has 0 spiro atoms. The van der Waals surface area contributed by atoms with Crippen molar-refractivity contribution >= 4 is 11.9 Å². The number of amides is 1. The Labute approximate surface area is 115 Å². The van der Waals surface area contributed by atoms with Gasteiger partial charge in [-0.3, -0.25) is 9.59 Å². The highest BCUT2D eigenvalue weighted by Crippen LogP contribution is 2.24. The lowest BCUT2D eigenvalue weighted by molar-refractivity contribution is -0.155. The molecule has 5 heteroatoms. The Balaban J connectivity index is 2.05. The van der Waals surface area contributed by atoms with Crippen LogP contribution in [0.1, 0.15) is 46.5 Å². The first-order valence-corrected chi connectivity index (χ1v) is 6.97. The van der Waals surface area contributed by atoms with Crippen LogP contribution in [0.2, 0.25) is 0 Å². The highest BCUT2D eigenvalue weighted by atomic mass is 16.6. The number of ether oxygens (including phenoxy) is 1. The second-order valence-electron chi connectivity index (χ2n) is 6.15. The zero-order chi connectivity index (χ0) is 14.5. The van der Waals surface area contributed by atoms with Crippen LogP contribution in [-0.4, -0.2) is 48.6 Å². The van der Waals surface area contributed by atoms with Gasteiger partial charge in [0.15, 0.2) is 0 Å². The fourth-order valence-electron chi connectivity index (χ4n) is 1.77. The maximum Gasteiger partial charge on any atom is 0.306 e. The first kappa shape index (κ1) is 16.0. The molecule has 1 aliphatic rings. The van der Waals surface area contributed by atoms with E-state index in [0.717, 1.165) is 6.54 Å². The van der Waals surface area contributed by atoms with E-state index in [2.05, 4.69) is 17.3 Å². The predicted octanol–water partition coefficient (Wildman–Crippen LogP) is 1.32. The van der Waals surface area contributed by atoms with Gasteiger partial charge in [-0.1, -0.05) is 0 Å². The quantitative estimate of drug-likeness (QED) is 0.709. The first-order chi connectivity index (χ1) is 8.78. The van der Waals surface area contributed by atoms with E-state index in [9.17, 15) is 9.59 Å². The van der Waals surface area contributed by atoms with Crippen molar-refractivity contribution in [1.82, 2.24) is 10.2 Å². The number of esters is 1. The standard InChI is InChI=1S/C14H26N2O3/c1-14(2,3)19-13(18)8-7-12(17)15-9-10-16(4)11-5-6-11/h11H,5-10H2,1-4H3,(H,15,17). The fraction of sp³-hybridized carbons (Fsp3) is 0.857. The van der Waals surface area contributed by atoms with E-state index >= 15 is 0 Å². The molecule has 0 unspecified atom stereocenters. The number of nitrogens with one attached hydrogen (secondary N) is 1. The molecule has 110 valence electrons. The van der Waals surface area contributed by atoms with Crippen molar-refractivity contribution in [1.29, 1.82) is 0 Å². The van der Waals surface area contributed by atoms with Gasteiger partial charge in [0.05, 0.1) is 6.42 Å². The lowest BCUT2D eigenvalue weighted by atomic mass is 10.2. The van der Waals surface area contributed by atoms with Crippen LogP contribution in [0, 0.1) is 0 Å². The highest BCUT2D eigenvalue weighted by molar-refractivity contribution is 5.81. The summed E-state index contributed by atoms with van der Waals surface area (Å²) in [7, 11) is 2.07. The minimum atomic E-state index is -0.486. The Bertz CT molecular complexity index is 319. The molecule has 1 rings (SSSR count). The van der Waals surface area contributed by atoms with Gasteiger partial charge in [0, 0.05) is 25.6 Å². The van der Waals surface area contributed by atoms with Gasteiger partial charge in [0.1, 0.15) is 5.60 Å². The molecule has 0 radical (unpaired) electrons. The van der Waals surface area contributed by atoms with Crippen molar-refractivity contribution in [2.24, 2.45) is 0 Å². The van der Waals surface area contributed by atoms with E-state index < -0.39 is 5.60 Å². The lowest BCUT2D eigenvalue weighted by Gasteiger charge is -2.19. The van der Waals surface area contributed by atoms with E-state index in [-0.39, 0.29) is 24.7 Å². The van der Waals surface area contributed by atoms with Crippen molar-refractivity contribution in [3.8, 4) is 0 Å². The summed E-state index contributed by atoms with van der Waals surface area (Å²) in [6.07, 6.45) is 2.87. The number of hydrogen-bond donors (Lipinski definition) is 1. The normalized spacial score (nSPS) is 15.4. The van der Waals surface area contributed by atoms with Crippen LogP contribution in [0.4, 0.5) is 0 Å². The Morgan fingerprint density at radius 3 is 2.42 bits per heavy atom. The number of carbonyl (C=O) groups excluding carboxylic acids is 2. The van der Waals surface area contributed by atoms with E-state index in [1.54, 1.807) is 0 Å². The maximum atomic E-state index is 11.5. The molecule has 1 N–H and O–H groups in total. The highest BCUT2D eigenvalue weighted by Gasteiger charge is 2.25. The SMILES string of the molecule is CN(CCNC(=O)CCC(=O)OC(C)(C)C)C1CC1. The molecule has 0 aromatic carbocycles. The molecule has 0 bridgehead atoms. The molecule has 0 aromatic rings. The first-order valence-electron chi connectivity index (χ1n) is 6.97. The summed E-state index contributed by atoms with van der Waals surface area (Å²) in [5.41, 5.74) is -0.486. The molecule has 19 heavy (non-hydrogen) atoms. The van der Waals surface area contributed by atoms with Crippen LogP contribution in [0.25, 0.3) is 0 Å². The number of hydrogen-bond acceptors (Lipinski definition) is 4. The van der Waals surface area contributed by atoms with Gasteiger partial charge in [-0.2, -0.15) is 0 Å². The summed E-state index contributed by atoms with van der Waals surface area (Å²) in [4.78, 5) is 25.2. The van der Waals surface area contributed by atoms with Gasteiger partial charge in [-0.05, 0) is 40.7 Å². The fourth-order valence-corrected chi connectivity index (χ4v) is 1.77. The molecule has 0 saturated heterocycles. The lowest BCUT2D eigenvalue weighted by Crippen LogP contribution is -2.34. The average Bonchev–Trinajstić information content (AvgIpc) is 3.07. The van der Waals surface area contributed by atoms with Crippen LogP contribution < -0.4 is 5.32 Å². The average molecular weight is 270 g/mol. The van der Waals surface area contributed by atoms with Gasteiger partial charge in [-0.25, -0.2) is 0 Å². The molecule has 0 atom stereocenters. The van der Waals surface area contributed by atoms with Gasteiger partial charge in [0.2, 0.25) is 5.91 Å². The molecule has 1 saturated carbocycles. The second kappa shape index (κ2) is 6.89. The Kier molecular flexibility index (Phi) is 5.79. The minimum absolute atomic E-state index is 0.0879. The summed E-state index contributed by atoms with van der Waals surface area (Å²) in [6.45, 7) is 6.96. The summed E-state index contributed by atoms with van der Waals surface area (Å²) >= 11 is 0.